The van der Waals surface area contributed by atoms with Gasteiger partial charge in [0.05, 0.1) is 30.4 Å². The number of aliphatic hydroxyl groups excluding tert-OH is 1. The van der Waals surface area contributed by atoms with E-state index in [2.05, 4.69) is 14.9 Å². The number of aliphatic hydroxyl groups is 1. The van der Waals surface area contributed by atoms with Crippen LogP contribution in [0.15, 0.2) is 30.3 Å². The molecule has 6 nitrogen and oxygen atoms in total. The summed E-state index contributed by atoms with van der Waals surface area (Å²) in [5.41, 5.74) is 1.73. The second-order valence-electron chi connectivity index (χ2n) is 8.18. The number of nitrogens with one attached hydrogen (secondary N) is 1. The van der Waals surface area contributed by atoms with E-state index < -0.39 is 11.6 Å². The summed E-state index contributed by atoms with van der Waals surface area (Å²) >= 11 is 0. The normalized spacial score (nSPS) is 21.7. The maximum absolute atomic E-state index is 15.3. The number of H-pyrrole nitrogens is 1. The van der Waals surface area contributed by atoms with Crippen LogP contribution in [0.3, 0.4) is 0 Å². The fraction of sp³-hybridized carbons (Fsp3) is 0.435. The molecule has 0 amide bonds. The topological polar surface area (TPSA) is 70.6 Å². The maximum atomic E-state index is 15.3. The number of fused-ring (bicyclic) bond motifs is 1. The zero-order chi connectivity index (χ0) is 21.4. The molecule has 31 heavy (non-hydrogen) atoms. The molecule has 2 aliphatic heterocycles. The fourth-order valence-corrected chi connectivity index (χ4v) is 4.37. The Hall–Kier alpha value is -2.71. The Morgan fingerprint density at radius 1 is 1.16 bits per heavy atom. The zero-order valence-electron chi connectivity index (χ0n) is 17.1. The Balaban J connectivity index is 1.39. The van der Waals surface area contributed by atoms with Gasteiger partial charge in [-0.1, -0.05) is 12.1 Å². The van der Waals surface area contributed by atoms with Gasteiger partial charge in [-0.2, -0.15) is 4.98 Å². The van der Waals surface area contributed by atoms with Crippen molar-refractivity contribution in [3.63, 3.8) is 0 Å². The van der Waals surface area contributed by atoms with Crippen molar-refractivity contribution in [2.24, 2.45) is 0 Å². The molecule has 2 atom stereocenters. The molecule has 0 bridgehead atoms. The van der Waals surface area contributed by atoms with E-state index in [0.717, 1.165) is 18.8 Å². The summed E-state index contributed by atoms with van der Waals surface area (Å²) in [6, 6.07) is 8.70. The van der Waals surface area contributed by atoms with E-state index >= 15 is 4.39 Å². The molecule has 3 aromatic rings. The Morgan fingerprint density at radius 2 is 1.94 bits per heavy atom. The van der Waals surface area contributed by atoms with Gasteiger partial charge in [0.15, 0.2) is 5.82 Å². The molecular weight excluding hydrogens is 404 g/mol. The van der Waals surface area contributed by atoms with E-state index in [1.165, 1.54) is 18.9 Å². The molecule has 0 radical (unpaired) electrons. The molecule has 5 rings (SSSR count). The number of aromatic nitrogens is 2. The smallest absolute Gasteiger partial charge is 0.295 e. The molecule has 2 saturated heterocycles. The van der Waals surface area contributed by atoms with Crippen molar-refractivity contribution < 1.29 is 23.4 Å². The first kappa shape index (κ1) is 20.2. The van der Waals surface area contributed by atoms with Crippen molar-refractivity contribution in [3.05, 3.63) is 42.0 Å². The molecule has 8 heteroatoms. The number of hydrogen-bond donors (Lipinski definition) is 2. The molecule has 3 heterocycles. The first-order valence-corrected chi connectivity index (χ1v) is 10.7. The Bertz CT molecular complexity index is 1060. The van der Waals surface area contributed by atoms with Gasteiger partial charge in [-0.3, -0.25) is 0 Å². The molecule has 0 aliphatic carbocycles. The van der Waals surface area contributed by atoms with Crippen molar-refractivity contribution in [2.75, 3.05) is 31.2 Å². The lowest BCUT2D eigenvalue weighted by molar-refractivity contribution is -0.0672. The summed E-state index contributed by atoms with van der Waals surface area (Å²) in [7, 11) is 0. The van der Waals surface area contributed by atoms with Crippen LogP contribution >= 0.6 is 0 Å². The van der Waals surface area contributed by atoms with Gasteiger partial charge in [0, 0.05) is 24.8 Å². The largest absolute Gasteiger partial charge is 0.459 e. The van der Waals surface area contributed by atoms with Crippen LogP contribution in [0.4, 0.5) is 14.5 Å². The van der Waals surface area contributed by atoms with Gasteiger partial charge in [0.1, 0.15) is 17.4 Å². The molecule has 164 valence electrons. The SMILES string of the molecule is OCC1CCC(Oc2nc3c(F)c(-c4ccc(N5CCCC5)cc4)c(F)cc3[nH]2)CO1. The number of nitrogens with zero attached hydrogens (tertiary/aromatic N) is 2. The van der Waals surface area contributed by atoms with Crippen LogP contribution in [0, 0.1) is 11.6 Å². The van der Waals surface area contributed by atoms with Gasteiger partial charge in [0.2, 0.25) is 0 Å². The molecule has 2 fully saturated rings. The molecule has 2 aromatic carbocycles. The summed E-state index contributed by atoms with van der Waals surface area (Å²) in [5, 5.41) is 9.15. The van der Waals surface area contributed by atoms with E-state index in [0.29, 0.717) is 25.0 Å². The van der Waals surface area contributed by atoms with E-state index in [9.17, 15) is 4.39 Å². The van der Waals surface area contributed by atoms with Crippen molar-refractivity contribution in [1.29, 1.82) is 0 Å². The van der Waals surface area contributed by atoms with E-state index in [-0.39, 0.29) is 41.4 Å². The highest BCUT2D eigenvalue weighted by atomic mass is 19.1. The van der Waals surface area contributed by atoms with Gasteiger partial charge in [-0.25, -0.2) is 8.78 Å². The average Bonchev–Trinajstić information content (AvgIpc) is 3.45. The highest BCUT2D eigenvalue weighted by Gasteiger charge is 2.25. The van der Waals surface area contributed by atoms with E-state index in [4.69, 9.17) is 14.6 Å². The first-order chi connectivity index (χ1) is 15.1. The monoisotopic (exact) mass is 429 g/mol. The van der Waals surface area contributed by atoms with Gasteiger partial charge >= 0.3 is 0 Å². The number of aromatic amines is 1. The van der Waals surface area contributed by atoms with Crippen LogP contribution in [0.1, 0.15) is 25.7 Å². The van der Waals surface area contributed by atoms with Crippen molar-refractivity contribution in [2.45, 2.75) is 37.9 Å². The number of imidazole rings is 1. The van der Waals surface area contributed by atoms with Crippen LogP contribution in [-0.4, -0.2) is 53.6 Å². The number of rotatable bonds is 5. The number of ether oxygens (including phenoxy) is 2. The van der Waals surface area contributed by atoms with Gasteiger partial charge in [-0.05, 0) is 43.4 Å². The maximum Gasteiger partial charge on any atom is 0.295 e. The predicted molar refractivity (Wildman–Crippen MR) is 113 cm³/mol. The minimum absolute atomic E-state index is 0.0242. The third kappa shape index (κ3) is 3.97. The number of hydrogen-bond acceptors (Lipinski definition) is 5. The summed E-state index contributed by atoms with van der Waals surface area (Å²) in [5.74, 6) is -1.36. The minimum Gasteiger partial charge on any atom is -0.459 e. The van der Waals surface area contributed by atoms with Crippen LogP contribution < -0.4 is 9.64 Å². The quantitative estimate of drug-likeness (QED) is 0.641. The summed E-state index contributed by atoms with van der Waals surface area (Å²) in [6.07, 6.45) is 3.26. The fourth-order valence-electron chi connectivity index (χ4n) is 4.37. The molecule has 2 aliphatic rings. The van der Waals surface area contributed by atoms with Crippen LogP contribution in [0.25, 0.3) is 22.2 Å². The lowest BCUT2D eigenvalue weighted by Crippen LogP contribution is -2.35. The zero-order valence-corrected chi connectivity index (χ0v) is 17.1. The van der Waals surface area contributed by atoms with Gasteiger partial charge in [0.25, 0.3) is 6.01 Å². The van der Waals surface area contributed by atoms with Crippen molar-refractivity contribution >= 4 is 16.7 Å². The summed E-state index contributed by atoms with van der Waals surface area (Å²) in [4.78, 5) is 9.34. The average molecular weight is 429 g/mol. The molecule has 1 aromatic heterocycles. The predicted octanol–water partition coefficient (Wildman–Crippen LogP) is 4.03. The molecule has 0 saturated carbocycles. The van der Waals surface area contributed by atoms with Crippen molar-refractivity contribution in [1.82, 2.24) is 9.97 Å². The Kier molecular flexibility index (Phi) is 5.50. The second-order valence-corrected chi connectivity index (χ2v) is 8.18. The van der Waals surface area contributed by atoms with E-state index in [1.807, 2.05) is 12.1 Å². The second kappa shape index (κ2) is 8.43. The van der Waals surface area contributed by atoms with Gasteiger partial charge in [-0.15, -0.1) is 0 Å². The third-order valence-corrected chi connectivity index (χ3v) is 6.08. The van der Waals surface area contributed by atoms with Crippen LogP contribution in [-0.2, 0) is 4.74 Å². The molecule has 0 spiro atoms. The molecule has 2 N–H and O–H groups in total. The Morgan fingerprint density at radius 3 is 2.61 bits per heavy atom. The van der Waals surface area contributed by atoms with Crippen LogP contribution in [0.5, 0.6) is 6.01 Å². The van der Waals surface area contributed by atoms with Crippen LogP contribution in [0.2, 0.25) is 0 Å². The highest BCUT2D eigenvalue weighted by Crippen LogP contribution is 2.33. The number of halogens is 2. The number of anilines is 1. The van der Waals surface area contributed by atoms with Gasteiger partial charge < -0.3 is 24.5 Å². The van der Waals surface area contributed by atoms with E-state index in [1.54, 1.807) is 12.1 Å². The standard InChI is InChI=1S/C23H25F2N3O3/c24-18-11-19-22(27-23(26-19)31-17-8-7-16(12-29)30-13-17)21(25)20(18)14-3-5-15(6-4-14)28-9-1-2-10-28/h3-6,11,16-17,29H,1-2,7-10,12-13H2,(H,26,27). The lowest BCUT2D eigenvalue weighted by atomic mass is 10.0. The molecule has 2 unspecified atom stereocenters. The lowest BCUT2D eigenvalue weighted by Gasteiger charge is -2.27. The summed E-state index contributed by atoms with van der Waals surface area (Å²) in [6.45, 7) is 2.31. The van der Waals surface area contributed by atoms with Crippen molar-refractivity contribution in [3.8, 4) is 17.1 Å². The number of benzene rings is 2. The third-order valence-electron chi connectivity index (χ3n) is 6.08. The first-order valence-electron chi connectivity index (χ1n) is 10.7. The highest BCUT2D eigenvalue weighted by molar-refractivity contribution is 5.84. The Labute approximate surface area is 178 Å². The minimum atomic E-state index is -0.713. The molecular formula is C23H25F2N3O3. The summed E-state index contributed by atoms with van der Waals surface area (Å²) < 4.78 is 41.4.